The maximum Gasteiger partial charge on any atom is 0.338 e. The first-order valence-electron chi connectivity index (χ1n) is 14.1. The van der Waals surface area contributed by atoms with Gasteiger partial charge in [0.1, 0.15) is 12.6 Å². The third kappa shape index (κ3) is 6.80. The fraction of sp³-hybridized carbons (Fsp3) is 0.500. The second-order valence-corrected chi connectivity index (χ2v) is 12.1. The molecule has 5 rings (SSSR count). The second kappa shape index (κ2) is 12.6. The summed E-state index contributed by atoms with van der Waals surface area (Å²) in [6.07, 6.45) is 3.41. The van der Waals surface area contributed by atoms with Crippen LogP contribution >= 0.6 is 23.2 Å². The van der Waals surface area contributed by atoms with Gasteiger partial charge >= 0.3 is 12.0 Å². The van der Waals surface area contributed by atoms with E-state index in [0.717, 1.165) is 25.8 Å². The van der Waals surface area contributed by atoms with Crippen LogP contribution in [0.4, 0.5) is 10.5 Å². The number of halogens is 2. The highest BCUT2D eigenvalue weighted by molar-refractivity contribution is 6.42. The van der Waals surface area contributed by atoms with E-state index in [-0.39, 0.29) is 30.1 Å². The van der Waals surface area contributed by atoms with Crippen molar-refractivity contribution in [1.82, 2.24) is 14.7 Å². The Morgan fingerprint density at radius 3 is 2.51 bits per heavy atom. The number of hydrogen-bond donors (Lipinski definition) is 2. The fourth-order valence-corrected chi connectivity index (χ4v) is 6.11. The van der Waals surface area contributed by atoms with Gasteiger partial charge in [-0.3, -0.25) is 4.79 Å². The number of carbonyl (C=O) groups excluding carboxylic acids is 3. The van der Waals surface area contributed by atoms with E-state index in [1.165, 1.54) is 4.90 Å². The molecule has 0 unspecified atom stereocenters. The van der Waals surface area contributed by atoms with Gasteiger partial charge in [0.15, 0.2) is 0 Å². The lowest BCUT2D eigenvalue weighted by Crippen LogP contribution is -2.61. The number of anilines is 1. The van der Waals surface area contributed by atoms with Crippen LogP contribution in [0.5, 0.6) is 0 Å². The van der Waals surface area contributed by atoms with Gasteiger partial charge in [-0.05, 0) is 74.9 Å². The predicted molar refractivity (Wildman–Crippen MR) is 157 cm³/mol. The quantitative estimate of drug-likeness (QED) is 0.431. The number of ether oxygens (including phenoxy) is 1. The minimum Gasteiger partial charge on any atom is -0.460 e. The molecule has 1 aliphatic carbocycles. The second-order valence-electron chi connectivity index (χ2n) is 11.3. The van der Waals surface area contributed by atoms with Crippen LogP contribution in [0.3, 0.4) is 0 Å². The van der Waals surface area contributed by atoms with Gasteiger partial charge in [-0.2, -0.15) is 0 Å². The van der Waals surface area contributed by atoms with E-state index in [2.05, 4.69) is 10.2 Å². The molecule has 9 nitrogen and oxygen atoms in total. The minimum absolute atomic E-state index is 0.0436. The van der Waals surface area contributed by atoms with Gasteiger partial charge in [-0.25, -0.2) is 9.59 Å². The zero-order chi connectivity index (χ0) is 29.1. The number of carbonyl (C=O) groups is 3. The lowest BCUT2D eigenvalue weighted by atomic mass is 9.90. The highest BCUT2D eigenvalue weighted by Crippen LogP contribution is 2.53. The summed E-state index contributed by atoms with van der Waals surface area (Å²) in [5.74, 6) is -0.656. The van der Waals surface area contributed by atoms with Crippen molar-refractivity contribution in [2.24, 2.45) is 5.41 Å². The smallest absolute Gasteiger partial charge is 0.338 e. The summed E-state index contributed by atoms with van der Waals surface area (Å²) >= 11 is 12.1. The maximum absolute atomic E-state index is 13.6. The van der Waals surface area contributed by atoms with E-state index in [0.29, 0.717) is 53.9 Å². The first kappa shape index (κ1) is 29.6. The lowest BCUT2D eigenvalue weighted by Gasteiger charge is -2.43. The number of nitrogens with one attached hydrogen (secondary N) is 1. The van der Waals surface area contributed by atoms with Crippen LogP contribution in [-0.2, 0) is 9.53 Å². The Balaban J connectivity index is 1.23. The third-order valence-electron chi connectivity index (χ3n) is 8.71. The van der Waals surface area contributed by atoms with E-state index in [1.54, 1.807) is 54.3 Å². The third-order valence-corrected chi connectivity index (χ3v) is 9.45. The zero-order valence-electron chi connectivity index (χ0n) is 23.1. The summed E-state index contributed by atoms with van der Waals surface area (Å²) in [5, 5.41) is 14.1. The molecule has 1 saturated carbocycles. The number of rotatable bonds is 8. The molecule has 1 spiro atoms. The molecule has 2 heterocycles. The Kier molecular flexibility index (Phi) is 9.09. The van der Waals surface area contributed by atoms with Crippen molar-refractivity contribution >= 4 is 46.8 Å². The molecular weight excluding hydrogens is 567 g/mol. The first-order valence-corrected chi connectivity index (χ1v) is 14.9. The molecule has 0 aromatic heterocycles. The van der Waals surface area contributed by atoms with Crippen molar-refractivity contribution in [3.05, 3.63) is 64.1 Å². The van der Waals surface area contributed by atoms with Crippen LogP contribution in [-0.4, -0.2) is 95.2 Å². The summed E-state index contributed by atoms with van der Waals surface area (Å²) < 4.78 is 5.69. The standard InChI is InChI=1S/C30H36Cl2N4O5/c1-20-27(38)36(16-15-35(20)29(40)33-22-7-8-24(31)25(32)17-22)23(19-41-28(39)21-5-3-2-4-6-21)9-13-34-14-12-30(10-11-30)26(37)18-34/h2-8,17,20,23,26,37H,9-16,18-19H2,1H3,(H,33,40)/t20-,23-,26+/m0/s1. The number of β-amino-alcohol motifs (C(OH)–C–C–N with tert-alkyl or cyclic N) is 1. The molecule has 2 aliphatic heterocycles. The number of piperidine rings is 1. The van der Waals surface area contributed by atoms with Crippen molar-refractivity contribution < 1.29 is 24.2 Å². The topological polar surface area (TPSA) is 102 Å². The monoisotopic (exact) mass is 602 g/mol. The van der Waals surface area contributed by atoms with E-state index < -0.39 is 18.0 Å². The summed E-state index contributed by atoms with van der Waals surface area (Å²) in [4.78, 5) is 44.8. The first-order chi connectivity index (χ1) is 19.7. The molecule has 2 aromatic rings. The van der Waals surface area contributed by atoms with Crippen molar-refractivity contribution in [1.29, 1.82) is 0 Å². The molecule has 41 heavy (non-hydrogen) atoms. The van der Waals surface area contributed by atoms with E-state index in [4.69, 9.17) is 27.9 Å². The number of hydrogen-bond acceptors (Lipinski definition) is 6. The van der Waals surface area contributed by atoms with Gasteiger partial charge in [-0.15, -0.1) is 0 Å². The minimum atomic E-state index is -0.717. The number of aliphatic hydroxyl groups is 1. The van der Waals surface area contributed by atoms with Crippen molar-refractivity contribution in [2.45, 2.75) is 50.8 Å². The Morgan fingerprint density at radius 2 is 1.83 bits per heavy atom. The van der Waals surface area contributed by atoms with Crippen molar-refractivity contribution in [3.63, 3.8) is 0 Å². The summed E-state index contributed by atoms with van der Waals surface area (Å²) in [6.45, 7) is 4.55. The molecule has 3 atom stereocenters. The molecule has 3 fully saturated rings. The molecule has 220 valence electrons. The normalized spacial score (nSPS) is 22.9. The highest BCUT2D eigenvalue weighted by atomic mass is 35.5. The molecule has 2 aromatic carbocycles. The van der Waals surface area contributed by atoms with Gasteiger partial charge in [0.05, 0.1) is 27.8 Å². The number of nitrogens with zero attached hydrogens (tertiary/aromatic N) is 3. The van der Waals surface area contributed by atoms with Crippen molar-refractivity contribution in [2.75, 3.05) is 44.6 Å². The largest absolute Gasteiger partial charge is 0.460 e. The number of esters is 1. The Morgan fingerprint density at radius 1 is 1.07 bits per heavy atom. The molecule has 2 N–H and O–H groups in total. The Hall–Kier alpha value is -2.85. The average molecular weight is 604 g/mol. The number of benzene rings is 2. The number of urea groups is 1. The molecule has 3 amide bonds. The molecular formula is C30H36Cl2N4O5. The number of aliphatic hydroxyl groups excluding tert-OH is 1. The van der Waals surface area contributed by atoms with Gasteiger partial charge in [0, 0.05) is 31.9 Å². The van der Waals surface area contributed by atoms with E-state index in [1.807, 2.05) is 6.07 Å². The van der Waals surface area contributed by atoms with Gasteiger partial charge in [0.2, 0.25) is 5.91 Å². The SMILES string of the molecule is C[C@H]1C(=O)N([C@@H](CCN2CCC3(CC3)[C@H](O)C2)COC(=O)c2ccccc2)CCN1C(=O)Nc1ccc(Cl)c(Cl)c1. The molecule has 3 aliphatic rings. The number of piperazine rings is 1. The summed E-state index contributed by atoms with van der Waals surface area (Å²) in [7, 11) is 0. The average Bonchev–Trinajstić information content (AvgIpc) is 3.75. The van der Waals surface area contributed by atoms with Crippen molar-refractivity contribution in [3.8, 4) is 0 Å². The lowest BCUT2D eigenvalue weighted by molar-refractivity contribution is -0.143. The molecule has 2 saturated heterocycles. The Bertz CT molecular complexity index is 1270. The van der Waals surface area contributed by atoms with Crippen LogP contribution in [0, 0.1) is 5.41 Å². The van der Waals surface area contributed by atoms with Crippen LogP contribution in [0.2, 0.25) is 10.0 Å². The van der Waals surface area contributed by atoms with Gasteiger partial charge < -0.3 is 29.9 Å². The van der Waals surface area contributed by atoms with Crippen LogP contribution in [0.15, 0.2) is 48.5 Å². The van der Waals surface area contributed by atoms with Gasteiger partial charge in [0.25, 0.3) is 0 Å². The van der Waals surface area contributed by atoms with Crippen LogP contribution in [0.25, 0.3) is 0 Å². The molecule has 11 heteroatoms. The fourth-order valence-electron chi connectivity index (χ4n) is 5.82. The summed E-state index contributed by atoms with van der Waals surface area (Å²) in [5.41, 5.74) is 1.04. The molecule has 0 radical (unpaired) electrons. The zero-order valence-corrected chi connectivity index (χ0v) is 24.6. The Labute approximate surface area is 250 Å². The summed E-state index contributed by atoms with van der Waals surface area (Å²) in [6, 6.07) is 12.1. The maximum atomic E-state index is 13.6. The van der Waals surface area contributed by atoms with Crippen LogP contribution in [0.1, 0.15) is 43.0 Å². The molecule has 0 bridgehead atoms. The van der Waals surface area contributed by atoms with E-state index >= 15 is 0 Å². The number of likely N-dealkylation sites (tertiary alicyclic amines) is 1. The number of amides is 3. The van der Waals surface area contributed by atoms with Gasteiger partial charge in [-0.1, -0.05) is 41.4 Å². The highest BCUT2D eigenvalue weighted by Gasteiger charge is 2.51. The predicted octanol–water partition coefficient (Wildman–Crippen LogP) is 4.52. The van der Waals surface area contributed by atoms with Crippen LogP contribution < -0.4 is 5.32 Å². The van der Waals surface area contributed by atoms with E-state index in [9.17, 15) is 19.5 Å².